The second-order valence-electron chi connectivity index (χ2n) is 8.99. The van der Waals surface area contributed by atoms with Gasteiger partial charge in [-0.3, -0.25) is 4.90 Å². The lowest BCUT2D eigenvalue weighted by molar-refractivity contribution is -0.192. The van der Waals surface area contributed by atoms with Crippen molar-refractivity contribution >= 4 is 23.4 Å². The molecule has 0 saturated carbocycles. The van der Waals surface area contributed by atoms with Crippen LogP contribution in [0, 0.1) is 0 Å². The van der Waals surface area contributed by atoms with E-state index in [2.05, 4.69) is 33.8 Å². The number of morpholine rings is 1. The van der Waals surface area contributed by atoms with E-state index in [1.165, 1.54) is 5.56 Å². The molecule has 2 saturated heterocycles. The number of piperidine rings is 1. The standard InChI is InChI=1S/C23H30ClN3O2.C2HF3O2/c1-17-14-27(22(16-29-17)13-18-4-6-20(24)7-5-18)21-8-11-26(12-9-21)23-19(15-28)3-2-10-25-23;3-2(4,5)1(6)7/h2-7,10,17,21-22,28H,8-9,11-16H2,1H3;(H,6,7)/t17-,22-;/m0./s1. The van der Waals surface area contributed by atoms with Gasteiger partial charge in [0.15, 0.2) is 0 Å². The van der Waals surface area contributed by atoms with Crippen molar-refractivity contribution in [3.05, 3.63) is 58.7 Å². The Morgan fingerprint density at radius 1 is 1.19 bits per heavy atom. The molecule has 0 aliphatic carbocycles. The van der Waals surface area contributed by atoms with Crippen LogP contribution in [-0.2, 0) is 22.6 Å². The number of anilines is 1. The first-order valence-corrected chi connectivity index (χ1v) is 12.2. The maximum Gasteiger partial charge on any atom is 0.490 e. The van der Waals surface area contributed by atoms with Crippen molar-refractivity contribution in [2.75, 3.05) is 31.1 Å². The zero-order chi connectivity index (χ0) is 26.3. The Hall–Kier alpha value is -2.40. The average Bonchev–Trinajstić information content (AvgIpc) is 2.86. The maximum atomic E-state index is 10.6. The summed E-state index contributed by atoms with van der Waals surface area (Å²) < 4.78 is 37.7. The van der Waals surface area contributed by atoms with Gasteiger partial charge >= 0.3 is 12.1 Å². The van der Waals surface area contributed by atoms with Gasteiger partial charge in [0.05, 0.1) is 19.3 Å². The first-order valence-electron chi connectivity index (χ1n) is 11.8. The van der Waals surface area contributed by atoms with Crippen molar-refractivity contribution in [1.29, 1.82) is 0 Å². The van der Waals surface area contributed by atoms with Crippen molar-refractivity contribution in [2.24, 2.45) is 0 Å². The Bertz CT molecular complexity index is 985. The zero-order valence-corrected chi connectivity index (χ0v) is 20.8. The van der Waals surface area contributed by atoms with E-state index >= 15 is 0 Å². The smallest absolute Gasteiger partial charge is 0.475 e. The van der Waals surface area contributed by atoms with Crippen LogP contribution in [0.4, 0.5) is 19.0 Å². The Kier molecular flexibility index (Phi) is 9.95. The molecule has 2 N–H and O–H groups in total. The van der Waals surface area contributed by atoms with Crippen LogP contribution < -0.4 is 4.90 Å². The number of carbonyl (C=O) groups is 1. The Morgan fingerprint density at radius 2 is 1.83 bits per heavy atom. The third-order valence-electron chi connectivity index (χ3n) is 6.41. The van der Waals surface area contributed by atoms with Crippen molar-refractivity contribution in [2.45, 2.75) is 57.2 Å². The number of carboxylic acids is 1. The molecule has 0 spiro atoms. The lowest BCUT2D eigenvalue weighted by Gasteiger charge is -2.46. The van der Waals surface area contributed by atoms with Gasteiger partial charge < -0.3 is 19.8 Å². The second kappa shape index (κ2) is 12.7. The van der Waals surface area contributed by atoms with E-state index in [1.54, 1.807) is 0 Å². The minimum absolute atomic E-state index is 0.0350. The van der Waals surface area contributed by atoms with Crippen LogP contribution in [-0.4, -0.2) is 76.7 Å². The van der Waals surface area contributed by atoms with E-state index in [9.17, 15) is 18.3 Å². The molecule has 36 heavy (non-hydrogen) atoms. The second-order valence-corrected chi connectivity index (χ2v) is 9.43. The first-order chi connectivity index (χ1) is 17.1. The first kappa shape index (κ1) is 28.2. The monoisotopic (exact) mass is 529 g/mol. The molecule has 2 fully saturated rings. The number of halogens is 4. The van der Waals surface area contributed by atoms with Crippen LogP contribution in [0.1, 0.15) is 30.9 Å². The van der Waals surface area contributed by atoms with Crippen molar-refractivity contribution < 1.29 is 32.9 Å². The van der Waals surface area contributed by atoms with Crippen molar-refractivity contribution in [3.8, 4) is 0 Å². The number of aliphatic hydroxyl groups excluding tert-OH is 1. The van der Waals surface area contributed by atoms with Crippen LogP contribution in [0.3, 0.4) is 0 Å². The lowest BCUT2D eigenvalue weighted by atomic mass is 9.96. The van der Waals surface area contributed by atoms with Crippen molar-refractivity contribution in [1.82, 2.24) is 9.88 Å². The van der Waals surface area contributed by atoms with Gasteiger partial charge in [-0.2, -0.15) is 13.2 Å². The SMILES string of the molecule is C[C@H]1CN(C2CCN(c3ncccc3CO)CC2)[C@@H](Cc2ccc(Cl)cc2)CO1.O=C(O)C(F)(F)F. The number of ether oxygens (including phenoxy) is 1. The number of hydrogen-bond donors (Lipinski definition) is 2. The Labute approximate surface area is 213 Å². The predicted octanol–water partition coefficient (Wildman–Crippen LogP) is 4.16. The molecule has 1 aromatic carbocycles. The summed E-state index contributed by atoms with van der Waals surface area (Å²) in [6.07, 6.45) is 0.188. The van der Waals surface area contributed by atoms with Crippen molar-refractivity contribution in [3.63, 3.8) is 0 Å². The molecule has 3 heterocycles. The fourth-order valence-electron chi connectivity index (χ4n) is 4.63. The Balaban J connectivity index is 0.000000454. The molecule has 0 amide bonds. The van der Waals surface area contributed by atoms with Crippen LogP contribution in [0.2, 0.25) is 5.02 Å². The highest BCUT2D eigenvalue weighted by Gasteiger charge is 2.38. The summed E-state index contributed by atoms with van der Waals surface area (Å²) in [7, 11) is 0. The molecule has 4 rings (SSSR count). The summed E-state index contributed by atoms with van der Waals surface area (Å²) >= 11 is 6.05. The number of aromatic nitrogens is 1. The third kappa shape index (κ3) is 7.80. The number of pyridine rings is 1. The minimum Gasteiger partial charge on any atom is -0.475 e. The van der Waals surface area contributed by atoms with E-state index < -0.39 is 12.1 Å². The van der Waals surface area contributed by atoms with Crippen LogP contribution >= 0.6 is 11.6 Å². The molecule has 2 aromatic rings. The number of rotatable bonds is 5. The Morgan fingerprint density at radius 3 is 2.42 bits per heavy atom. The molecular formula is C25H31ClF3N3O4. The molecule has 0 unspecified atom stereocenters. The maximum absolute atomic E-state index is 10.6. The summed E-state index contributed by atoms with van der Waals surface area (Å²) in [4.78, 5) is 18.4. The predicted molar refractivity (Wildman–Crippen MR) is 130 cm³/mol. The van der Waals surface area contributed by atoms with E-state index in [-0.39, 0.29) is 12.7 Å². The summed E-state index contributed by atoms with van der Waals surface area (Å²) in [5, 5.41) is 17.5. The fourth-order valence-corrected chi connectivity index (χ4v) is 4.76. The molecule has 0 radical (unpaired) electrons. The van der Waals surface area contributed by atoms with Gasteiger partial charge in [0.1, 0.15) is 5.82 Å². The van der Waals surface area contributed by atoms with Gasteiger partial charge in [-0.1, -0.05) is 29.8 Å². The number of aliphatic hydroxyl groups is 1. The minimum atomic E-state index is -5.08. The molecule has 2 aliphatic heterocycles. The molecule has 11 heteroatoms. The lowest BCUT2D eigenvalue weighted by Crippen LogP contribution is -2.56. The molecule has 0 bridgehead atoms. The average molecular weight is 530 g/mol. The zero-order valence-electron chi connectivity index (χ0n) is 20.0. The van der Waals surface area contributed by atoms with E-state index in [1.807, 2.05) is 30.5 Å². The summed E-state index contributed by atoms with van der Waals surface area (Å²) in [6.45, 7) is 5.89. The van der Waals surface area contributed by atoms with Crippen LogP contribution in [0.5, 0.6) is 0 Å². The number of nitrogens with zero attached hydrogens (tertiary/aromatic N) is 3. The number of benzene rings is 1. The van der Waals surface area contributed by atoms with Gasteiger partial charge in [-0.05, 0) is 49.9 Å². The largest absolute Gasteiger partial charge is 0.490 e. The highest BCUT2D eigenvalue weighted by Crippen LogP contribution is 2.28. The molecule has 7 nitrogen and oxygen atoms in total. The molecule has 1 aromatic heterocycles. The number of aliphatic carboxylic acids is 1. The molecular weight excluding hydrogens is 499 g/mol. The number of carboxylic acid groups (broad SMARTS) is 1. The van der Waals surface area contributed by atoms with Gasteiger partial charge in [-0.25, -0.2) is 9.78 Å². The number of alkyl halides is 3. The van der Waals surface area contributed by atoms with E-state index in [0.29, 0.717) is 12.1 Å². The highest BCUT2D eigenvalue weighted by molar-refractivity contribution is 6.30. The van der Waals surface area contributed by atoms with Crippen LogP contribution in [0.15, 0.2) is 42.6 Å². The van der Waals surface area contributed by atoms with Gasteiger partial charge in [0.25, 0.3) is 0 Å². The molecule has 198 valence electrons. The molecule has 2 aliphatic rings. The normalized spacial score (nSPS) is 21.6. The topological polar surface area (TPSA) is 86.1 Å². The highest BCUT2D eigenvalue weighted by atomic mass is 35.5. The van der Waals surface area contributed by atoms with Gasteiger partial charge in [0, 0.05) is 48.5 Å². The summed E-state index contributed by atoms with van der Waals surface area (Å²) in [5.74, 6) is -1.82. The third-order valence-corrected chi connectivity index (χ3v) is 6.66. The van der Waals surface area contributed by atoms with E-state index in [4.69, 9.17) is 26.2 Å². The van der Waals surface area contributed by atoms with Gasteiger partial charge in [-0.15, -0.1) is 0 Å². The molecule has 2 atom stereocenters. The van der Waals surface area contributed by atoms with E-state index in [0.717, 1.165) is 61.9 Å². The summed E-state index contributed by atoms with van der Waals surface area (Å²) in [6, 6.07) is 13.0. The number of hydrogen-bond acceptors (Lipinski definition) is 6. The fraction of sp³-hybridized carbons (Fsp3) is 0.520. The quantitative estimate of drug-likeness (QED) is 0.601. The van der Waals surface area contributed by atoms with Gasteiger partial charge in [0.2, 0.25) is 0 Å². The summed E-state index contributed by atoms with van der Waals surface area (Å²) in [5.41, 5.74) is 2.22. The van der Waals surface area contributed by atoms with Crippen LogP contribution in [0.25, 0.3) is 0 Å².